The number of aryl methyl sites for hydroxylation is 1. The molecule has 35 heavy (non-hydrogen) atoms. The minimum atomic E-state index is -0.395. The Labute approximate surface area is 201 Å². The maximum Gasteiger partial charge on any atom is 0.196 e. The molecule has 0 fully saturated rings. The average Bonchev–Trinajstić information content (AvgIpc) is 3.52. The molecule has 3 aromatic heterocycles. The molecule has 3 N–H and O–H groups in total. The molecule has 0 radical (unpaired) electrons. The molecule has 7 nitrogen and oxygen atoms in total. The van der Waals surface area contributed by atoms with Crippen molar-refractivity contribution >= 4 is 10.9 Å². The van der Waals surface area contributed by atoms with E-state index in [-0.39, 0.29) is 11.3 Å². The number of benzene rings is 2. The van der Waals surface area contributed by atoms with E-state index >= 15 is 4.39 Å². The van der Waals surface area contributed by atoms with Crippen LogP contribution in [0.5, 0.6) is 5.75 Å². The summed E-state index contributed by atoms with van der Waals surface area (Å²) in [5.74, 6) is 0.385. The van der Waals surface area contributed by atoms with E-state index in [2.05, 4.69) is 55.0 Å². The fourth-order valence-electron chi connectivity index (χ4n) is 4.90. The summed E-state index contributed by atoms with van der Waals surface area (Å²) in [6.45, 7) is 4.92. The van der Waals surface area contributed by atoms with Crippen molar-refractivity contribution < 1.29 is 14.1 Å². The van der Waals surface area contributed by atoms with Crippen molar-refractivity contribution in [3.63, 3.8) is 0 Å². The maximum absolute atomic E-state index is 15.6. The monoisotopic (exact) mass is 469 g/mol. The summed E-state index contributed by atoms with van der Waals surface area (Å²) in [5.41, 5.74) is 6.22. The highest BCUT2D eigenvalue weighted by Crippen LogP contribution is 2.35. The first-order valence-electron chi connectivity index (χ1n) is 11.8. The maximum atomic E-state index is 15.6. The Morgan fingerprint density at radius 2 is 2.00 bits per heavy atom. The van der Waals surface area contributed by atoms with Gasteiger partial charge in [0, 0.05) is 28.6 Å². The number of hydrogen-bond acceptors (Lipinski definition) is 4. The minimum absolute atomic E-state index is 0.173. The highest BCUT2D eigenvalue weighted by atomic mass is 19.1. The van der Waals surface area contributed by atoms with Gasteiger partial charge in [-0.15, -0.1) is 0 Å². The zero-order chi connectivity index (χ0) is 24.1. The lowest BCUT2D eigenvalue weighted by molar-refractivity contribution is -0.711. The third kappa shape index (κ3) is 3.66. The van der Waals surface area contributed by atoms with E-state index in [0.29, 0.717) is 28.9 Å². The van der Waals surface area contributed by atoms with Crippen LogP contribution in [0.25, 0.3) is 44.8 Å². The lowest BCUT2D eigenvalue weighted by atomic mass is 9.96. The molecule has 0 saturated carbocycles. The third-order valence-corrected chi connectivity index (χ3v) is 6.83. The van der Waals surface area contributed by atoms with Gasteiger partial charge in [0.15, 0.2) is 30.1 Å². The Kier molecular flexibility index (Phi) is 5.11. The number of H-pyrrole nitrogens is 2. The number of halogens is 1. The van der Waals surface area contributed by atoms with Crippen LogP contribution < -0.4 is 4.57 Å². The molecular formula is C27H26FN6O+. The van der Waals surface area contributed by atoms with Crippen LogP contribution in [0, 0.1) is 5.82 Å². The largest absolute Gasteiger partial charge is 0.508 e. The topological polar surface area (TPSA) is 84.7 Å². The first-order chi connectivity index (χ1) is 17.0. The Morgan fingerprint density at radius 1 is 1.14 bits per heavy atom. The Hall–Kier alpha value is -4.04. The quantitative estimate of drug-likeness (QED) is 0.340. The first-order valence-corrected chi connectivity index (χ1v) is 11.8. The van der Waals surface area contributed by atoms with Crippen molar-refractivity contribution in [3.8, 4) is 39.7 Å². The molecule has 5 aromatic rings. The van der Waals surface area contributed by atoms with Crippen LogP contribution >= 0.6 is 0 Å². The van der Waals surface area contributed by atoms with Gasteiger partial charge in [0.05, 0.1) is 25.0 Å². The molecule has 1 aliphatic heterocycles. The number of nitrogens with one attached hydrogen (secondary N) is 2. The summed E-state index contributed by atoms with van der Waals surface area (Å²) < 4.78 is 17.9. The van der Waals surface area contributed by atoms with Gasteiger partial charge in [-0.25, -0.2) is 9.37 Å². The molecule has 2 aromatic carbocycles. The Balaban J connectivity index is 1.37. The fraction of sp³-hybridized carbons (Fsp3) is 0.222. The van der Waals surface area contributed by atoms with Gasteiger partial charge in [0.2, 0.25) is 0 Å². The molecule has 4 heterocycles. The van der Waals surface area contributed by atoms with Crippen LogP contribution in [0.15, 0.2) is 54.9 Å². The number of imidazole rings is 1. The molecule has 176 valence electrons. The van der Waals surface area contributed by atoms with Crippen molar-refractivity contribution in [3.05, 3.63) is 71.9 Å². The summed E-state index contributed by atoms with van der Waals surface area (Å²) in [5, 5.41) is 17.7. The summed E-state index contributed by atoms with van der Waals surface area (Å²) in [6.07, 6.45) is 4.60. The lowest BCUT2D eigenvalue weighted by Crippen LogP contribution is -2.48. The third-order valence-electron chi connectivity index (χ3n) is 6.83. The van der Waals surface area contributed by atoms with Crippen LogP contribution in [-0.2, 0) is 19.5 Å². The number of aromatic nitrogens is 5. The fourth-order valence-corrected chi connectivity index (χ4v) is 4.90. The number of likely N-dealkylation sites (N-methyl/N-ethyl adjacent to an activating group) is 1. The molecule has 0 bridgehead atoms. The number of aromatic hydroxyl groups is 1. The Bertz CT molecular complexity index is 1570. The minimum Gasteiger partial charge on any atom is -0.508 e. The van der Waals surface area contributed by atoms with Gasteiger partial charge in [-0.2, -0.15) is 9.67 Å². The second-order valence-electron chi connectivity index (χ2n) is 9.10. The van der Waals surface area contributed by atoms with E-state index in [4.69, 9.17) is 0 Å². The van der Waals surface area contributed by atoms with E-state index in [1.807, 2.05) is 13.0 Å². The second-order valence-corrected chi connectivity index (χ2v) is 9.10. The van der Waals surface area contributed by atoms with Crippen molar-refractivity contribution in [1.29, 1.82) is 0 Å². The molecule has 0 atom stereocenters. The van der Waals surface area contributed by atoms with Crippen molar-refractivity contribution in [2.24, 2.45) is 0 Å². The van der Waals surface area contributed by atoms with Crippen molar-refractivity contribution in [1.82, 2.24) is 25.1 Å². The number of pyridine rings is 1. The summed E-state index contributed by atoms with van der Waals surface area (Å²) in [7, 11) is 2.13. The number of phenols is 1. The smallest absolute Gasteiger partial charge is 0.196 e. The summed E-state index contributed by atoms with van der Waals surface area (Å²) in [4.78, 5) is 10.2. The second kappa shape index (κ2) is 8.32. The molecule has 0 amide bonds. The van der Waals surface area contributed by atoms with Gasteiger partial charge >= 0.3 is 0 Å². The van der Waals surface area contributed by atoms with Gasteiger partial charge < -0.3 is 10.1 Å². The van der Waals surface area contributed by atoms with Crippen LogP contribution in [0.1, 0.15) is 18.2 Å². The van der Waals surface area contributed by atoms with Gasteiger partial charge in [-0.05, 0) is 42.8 Å². The highest BCUT2D eigenvalue weighted by Gasteiger charge is 2.22. The predicted octanol–water partition coefficient (Wildman–Crippen LogP) is 4.43. The van der Waals surface area contributed by atoms with Gasteiger partial charge in [0.25, 0.3) is 0 Å². The van der Waals surface area contributed by atoms with E-state index in [1.54, 1.807) is 30.5 Å². The molecular weight excluding hydrogens is 443 g/mol. The van der Waals surface area contributed by atoms with Gasteiger partial charge in [0.1, 0.15) is 17.0 Å². The normalized spacial score (nSPS) is 13.9. The predicted molar refractivity (Wildman–Crippen MR) is 132 cm³/mol. The van der Waals surface area contributed by atoms with Gasteiger partial charge in [-0.1, -0.05) is 19.1 Å². The molecule has 8 heteroatoms. The zero-order valence-electron chi connectivity index (χ0n) is 19.6. The van der Waals surface area contributed by atoms with Crippen LogP contribution in [-0.4, -0.2) is 43.8 Å². The Morgan fingerprint density at radius 3 is 2.86 bits per heavy atom. The van der Waals surface area contributed by atoms with E-state index in [1.165, 1.54) is 5.69 Å². The van der Waals surface area contributed by atoms with Crippen molar-refractivity contribution in [2.45, 2.75) is 26.4 Å². The highest BCUT2D eigenvalue weighted by molar-refractivity contribution is 5.95. The number of nitrogens with zero attached hydrogens (tertiary/aromatic N) is 4. The molecule has 0 saturated heterocycles. The molecule has 0 unspecified atom stereocenters. The lowest BCUT2D eigenvalue weighted by Gasteiger charge is -2.20. The van der Waals surface area contributed by atoms with Gasteiger partial charge in [-0.3, -0.25) is 10.00 Å². The van der Waals surface area contributed by atoms with E-state index in [0.717, 1.165) is 42.0 Å². The number of hydrogen-bond donors (Lipinski definition) is 3. The molecule has 0 spiro atoms. The van der Waals surface area contributed by atoms with E-state index < -0.39 is 5.82 Å². The number of fused-ring (bicyclic) bond motifs is 2. The molecule has 1 aliphatic rings. The van der Waals surface area contributed by atoms with E-state index in [9.17, 15) is 5.11 Å². The SMILES string of the molecule is CCc1cc(O)ccc1-c1ccc2c(-c3ncc(-c4cc[n+]5c(c4)CN(C)CC5)[nH]3)[nH]nc2c1F. The zero-order valence-corrected chi connectivity index (χ0v) is 19.6. The van der Waals surface area contributed by atoms with Crippen LogP contribution in [0.3, 0.4) is 0 Å². The molecule has 0 aliphatic carbocycles. The van der Waals surface area contributed by atoms with Crippen molar-refractivity contribution in [2.75, 3.05) is 13.6 Å². The molecule has 6 rings (SSSR count). The number of rotatable bonds is 4. The summed E-state index contributed by atoms with van der Waals surface area (Å²) >= 11 is 0. The summed E-state index contributed by atoms with van der Waals surface area (Å²) in [6, 6.07) is 12.9. The van der Waals surface area contributed by atoms with Crippen LogP contribution in [0.4, 0.5) is 4.39 Å². The standard InChI is InChI=1S/C27H25FN6O/c1-3-16-13-19(35)4-5-20(16)21-6-7-22-25(24(21)28)31-32-26(22)27-29-14-23(30-27)17-8-9-34-11-10-33(2)15-18(34)12-17/h4-9,12-14H,3,10-11,15H2,1-2H3,(H2,30,31,32,35)/p+1. The average molecular weight is 470 g/mol. The van der Waals surface area contributed by atoms with Crippen LogP contribution in [0.2, 0.25) is 0 Å². The number of aromatic amines is 2. The first kappa shape index (κ1) is 21.5. The number of phenolic OH excluding ortho intramolecular Hbond substituents is 1.